The highest BCUT2D eigenvalue weighted by Crippen LogP contribution is 2.14. The monoisotopic (exact) mass is 250 g/mol. The Morgan fingerprint density at radius 1 is 1.24 bits per heavy atom. The minimum atomic E-state index is 0.0508. The van der Waals surface area contributed by atoms with Crippen molar-refractivity contribution in [3.05, 3.63) is 50.9 Å². The first kappa shape index (κ1) is 12.0. The first-order chi connectivity index (χ1) is 8.06. The summed E-state index contributed by atoms with van der Waals surface area (Å²) in [6.45, 7) is 3.96. The Hall–Kier alpha value is -1.48. The van der Waals surface area contributed by atoms with Crippen molar-refractivity contribution >= 4 is 11.6 Å². The zero-order valence-electron chi connectivity index (χ0n) is 10.2. The molecule has 2 aromatic rings. The van der Waals surface area contributed by atoms with E-state index in [0.29, 0.717) is 5.02 Å². The molecule has 3 nitrogen and oxygen atoms in total. The molecule has 0 fully saturated rings. The molecule has 0 spiro atoms. The number of aromatic nitrogens is 2. The average molecular weight is 251 g/mol. The molecule has 0 atom stereocenters. The van der Waals surface area contributed by atoms with Gasteiger partial charge in [0.2, 0.25) is 0 Å². The molecule has 1 heterocycles. The lowest BCUT2D eigenvalue weighted by Gasteiger charge is -2.08. The van der Waals surface area contributed by atoms with Crippen molar-refractivity contribution in [3.8, 4) is 5.69 Å². The third-order valence-corrected chi connectivity index (χ3v) is 3.35. The molecule has 0 N–H and O–H groups in total. The van der Waals surface area contributed by atoms with Crippen LogP contribution in [0.5, 0.6) is 0 Å². The van der Waals surface area contributed by atoms with Gasteiger partial charge in [-0.2, -0.15) is 0 Å². The second-order valence-corrected chi connectivity index (χ2v) is 4.47. The summed E-state index contributed by atoms with van der Waals surface area (Å²) >= 11 is 5.85. The van der Waals surface area contributed by atoms with E-state index in [1.54, 1.807) is 16.8 Å². The zero-order chi connectivity index (χ0) is 12.6. The summed E-state index contributed by atoms with van der Waals surface area (Å²) in [5.74, 6) is 0. The van der Waals surface area contributed by atoms with Crippen molar-refractivity contribution in [1.29, 1.82) is 0 Å². The Morgan fingerprint density at radius 3 is 2.29 bits per heavy atom. The second kappa shape index (κ2) is 4.41. The van der Waals surface area contributed by atoms with Crippen LogP contribution < -0.4 is 5.56 Å². The van der Waals surface area contributed by atoms with Crippen molar-refractivity contribution in [1.82, 2.24) is 9.36 Å². The molecule has 4 heteroatoms. The van der Waals surface area contributed by atoms with Crippen LogP contribution in [-0.4, -0.2) is 9.36 Å². The molecule has 0 radical (unpaired) electrons. The van der Waals surface area contributed by atoms with Gasteiger partial charge in [0.1, 0.15) is 0 Å². The van der Waals surface area contributed by atoms with Crippen LogP contribution in [0.15, 0.2) is 29.1 Å². The largest absolute Gasteiger partial charge is 0.285 e. The number of halogens is 1. The second-order valence-electron chi connectivity index (χ2n) is 4.03. The van der Waals surface area contributed by atoms with Gasteiger partial charge < -0.3 is 0 Å². The molecule has 1 aromatic carbocycles. The Bertz CT molecular complexity index is 593. The van der Waals surface area contributed by atoms with Gasteiger partial charge in [0.15, 0.2) is 0 Å². The van der Waals surface area contributed by atoms with Crippen LogP contribution in [0.3, 0.4) is 0 Å². The van der Waals surface area contributed by atoms with Crippen LogP contribution in [0.4, 0.5) is 0 Å². The number of nitrogens with zero attached hydrogens (tertiary/aromatic N) is 2. The molecular formula is C13H15ClN2O. The van der Waals surface area contributed by atoms with E-state index in [0.717, 1.165) is 23.4 Å². The summed E-state index contributed by atoms with van der Waals surface area (Å²) in [5, 5.41) is 0.670. The lowest BCUT2D eigenvalue weighted by molar-refractivity contribution is 0.630. The van der Waals surface area contributed by atoms with Crippen LogP contribution in [-0.2, 0) is 13.5 Å². The molecule has 90 valence electrons. The van der Waals surface area contributed by atoms with Gasteiger partial charge in [0.05, 0.1) is 5.69 Å². The summed E-state index contributed by atoms with van der Waals surface area (Å²) in [4.78, 5) is 12.2. The van der Waals surface area contributed by atoms with Gasteiger partial charge in [0, 0.05) is 23.3 Å². The standard InChI is InChI=1S/C13H15ClN2O/c1-4-12-9(2)15(3)16(13(12)17)11-7-5-10(14)6-8-11/h5-8H,4H2,1-3H3. The summed E-state index contributed by atoms with van der Waals surface area (Å²) in [7, 11) is 1.89. The van der Waals surface area contributed by atoms with E-state index >= 15 is 0 Å². The Kier molecular flexibility index (Phi) is 3.11. The fraction of sp³-hybridized carbons (Fsp3) is 0.308. The number of rotatable bonds is 2. The maximum Gasteiger partial charge on any atom is 0.274 e. The van der Waals surface area contributed by atoms with Gasteiger partial charge >= 0.3 is 0 Å². The predicted molar refractivity (Wildman–Crippen MR) is 70.1 cm³/mol. The van der Waals surface area contributed by atoms with Gasteiger partial charge in [-0.1, -0.05) is 18.5 Å². The van der Waals surface area contributed by atoms with E-state index in [1.165, 1.54) is 0 Å². The van der Waals surface area contributed by atoms with E-state index in [-0.39, 0.29) is 5.56 Å². The fourth-order valence-corrected chi connectivity index (χ4v) is 2.17. The van der Waals surface area contributed by atoms with Gasteiger partial charge in [0.25, 0.3) is 5.56 Å². The molecule has 0 aliphatic carbocycles. The van der Waals surface area contributed by atoms with Crippen molar-refractivity contribution in [2.24, 2.45) is 7.05 Å². The number of hydrogen-bond donors (Lipinski definition) is 0. The van der Waals surface area contributed by atoms with E-state index in [1.807, 2.05) is 37.7 Å². The molecule has 0 aliphatic heterocycles. The molecular weight excluding hydrogens is 236 g/mol. The Labute approximate surface area is 105 Å². The molecule has 17 heavy (non-hydrogen) atoms. The van der Waals surface area contributed by atoms with Crippen molar-refractivity contribution in [2.75, 3.05) is 0 Å². The summed E-state index contributed by atoms with van der Waals surface area (Å²) in [6.07, 6.45) is 0.749. The highest BCUT2D eigenvalue weighted by atomic mass is 35.5. The molecule has 0 bridgehead atoms. The van der Waals surface area contributed by atoms with Gasteiger partial charge in [-0.15, -0.1) is 0 Å². The minimum Gasteiger partial charge on any atom is -0.285 e. The quantitative estimate of drug-likeness (QED) is 0.805. The average Bonchev–Trinajstić information content (AvgIpc) is 2.52. The van der Waals surface area contributed by atoms with Crippen LogP contribution in [0, 0.1) is 6.92 Å². The topological polar surface area (TPSA) is 26.9 Å². The smallest absolute Gasteiger partial charge is 0.274 e. The molecule has 0 unspecified atom stereocenters. The normalized spacial score (nSPS) is 10.8. The van der Waals surface area contributed by atoms with Crippen LogP contribution in [0.2, 0.25) is 5.02 Å². The number of benzene rings is 1. The first-order valence-corrected chi connectivity index (χ1v) is 5.97. The SMILES string of the molecule is CCc1c(C)n(C)n(-c2ccc(Cl)cc2)c1=O. The highest BCUT2D eigenvalue weighted by Gasteiger charge is 2.13. The molecule has 1 aromatic heterocycles. The zero-order valence-corrected chi connectivity index (χ0v) is 11.0. The maximum atomic E-state index is 12.2. The van der Waals surface area contributed by atoms with E-state index in [2.05, 4.69) is 0 Å². The molecule has 0 amide bonds. The van der Waals surface area contributed by atoms with Gasteiger partial charge in [-0.3, -0.25) is 9.48 Å². The maximum absolute atomic E-state index is 12.2. The van der Waals surface area contributed by atoms with E-state index in [4.69, 9.17) is 11.6 Å². The van der Waals surface area contributed by atoms with Crippen molar-refractivity contribution in [3.63, 3.8) is 0 Å². The molecule has 0 aliphatic rings. The first-order valence-electron chi connectivity index (χ1n) is 5.59. The lowest BCUT2D eigenvalue weighted by atomic mass is 10.2. The van der Waals surface area contributed by atoms with E-state index in [9.17, 15) is 4.79 Å². The third-order valence-electron chi connectivity index (χ3n) is 3.10. The summed E-state index contributed by atoms with van der Waals surface area (Å²) in [6, 6.07) is 7.28. The van der Waals surface area contributed by atoms with E-state index < -0.39 is 0 Å². The fourth-order valence-electron chi connectivity index (χ4n) is 2.04. The van der Waals surface area contributed by atoms with Crippen molar-refractivity contribution < 1.29 is 0 Å². The summed E-state index contributed by atoms with van der Waals surface area (Å²) in [5.41, 5.74) is 2.76. The third kappa shape index (κ3) is 1.91. The van der Waals surface area contributed by atoms with Crippen LogP contribution >= 0.6 is 11.6 Å². The predicted octanol–water partition coefficient (Wildman–Crippen LogP) is 2.70. The Balaban J connectivity index is 2.68. The molecule has 0 saturated heterocycles. The lowest BCUT2D eigenvalue weighted by Crippen LogP contribution is -2.20. The highest BCUT2D eigenvalue weighted by molar-refractivity contribution is 6.30. The van der Waals surface area contributed by atoms with Crippen LogP contribution in [0.25, 0.3) is 5.69 Å². The molecule has 0 saturated carbocycles. The Morgan fingerprint density at radius 2 is 1.82 bits per heavy atom. The van der Waals surface area contributed by atoms with Gasteiger partial charge in [-0.25, -0.2) is 4.68 Å². The van der Waals surface area contributed by atoms with Crippen LogP contribution in [0.1, 0.15) is 18.2 Å². The minimum absolute atomic E-state index is 0.0508. The molecule has 2 rings (SSSR count). The van der Waals surface area contributed by atoms with Gasteiger partial charge in [-0.05, 0) is 37.6 Å². The van der Waals surface area contributed by atoms with Crippen molar-refractivity contribution in [2.45, 2.75) is 20.3 Å². The summed E-state index contributed by atoms with van der Waals surface area (Å²) < 4.78 is 3.55. The number of hydrogen-bond acceptors (Lipinski definition) is 1.